The molecular formula is C14H20N2O2. The second kappa shape index (κ2) is 6.40. The fraction of sp³-hybridized carbons (Fsp3) is 0.500. The Morgan fingerprint density at radius 3 is 2.67 bits per heavy atom. The molecule has 0 aromatic heterocycles. The maximum absolute atomic E-state index is 11.2. The molecule has 2 rings (SSSR count). The zero-order valence-electron chi connectivity index (χ0n) is 10.7. The monoisotopic (exact) mass is 248 g/mol. The van der Waals surface area contributed by atoms with Crippen molar-refractivity contribution >= 4 is 17.3 Å². The third-order valence-corrected chi connectivity index (χ3v) is 3.05. The first-order chi connectivity index (χ1) is 8.78. The molecule has 1 unspecified atom stereocenters. The number of ether oxygens (including phenoxy) is 1. The molecule has 2 N–H and O–H groups in total. The molecule has 1 amide bonds. The number of amides is 1. The normalized spacial score (nSPS) is 18.6. The molecule has 1 fully saturated rings. The molecule has 4 heteroatoms. The molecule has 18 heavy (non-hydrogen) atoms. The van der Waals surface area contributed by atoms with Gasteiger partial charge < -0.3 is 15.4 Å². The summed E-state index contributed by atoms with van der Waals surface area (Å²) >= 11 is 0. The summed E-state index contributed by atoms with van der Waals surface area (Å²) in [5.41, 5.74) is 1.89. The van der Waals surface area contributed by atoms with E-state index in [0.29, 0.717) is 12.5 Å². The number of benzene rings is 1. The molecule has 1 heterocycles. The van der Waals surface area contributed by atoms with Crippen molar-refractivity contribution in [3.63, 3.8) is 0 Å². The summed E-state index contributed by atoms with van der Waals surface area (Å²) in [6.45, 7) is 3.57. The summed E-state index contributed by atoms with van der Waals surface area (Å²) in [7, 11) is 0. The van der Waals surface area contributed by atoms with Crippen LogP contribution in [0.15, 0.2) is 24.3 Å². The van der Waals surface area contributed by atoms with Gasteiger partial charge in [0.2, 0.25) is 5.91 Å². The molecule has 0 aliphatic carbocycles. The molecule has 1 atom stereocenters. The van der Waals surface area contributed by atoms with E-state index in [2.05, 4.69) is 10.6 Å². The number of hydrogen-bond acceptors (Lipinski definition) is 3. The smallest absolute Gasteiger partial charge is 0.224 e. The van der Waals surface area contributed by atoms with E-state index in [1.54, 1.807) is 0 Å². The van der Waals surface area contributed by atoms with Crippen LogP contribution in [0.3, 0.4) is 0 Å². The van der Waals surface area contributed by atoms with Crippen LogP contribution in [0.5, 0.6) is 0 Å². The van der Waals surface area contributed by atoms with E-state index in [4.69, 9.17) is 4.74 Å². The first kappa shape index (κ1) is 12.9. The van der Waals surface area contributed by atoms with Gasteiger partial charge in [-0.1, -0.05) is 6.92 Å². The van der Waals surface area contributed by atoms with Gasteiger partial charge in [0.05, 0.1) is 6.10 Å². The zero-order chi connectivity index (χ0) is 12.8. The molecule has 1 aromatic rings. The molecule has 4 nitrogen and oxygen atoms in total. The van der Waals surface area contributed by atoms with Crippen LogP contribution in [0.4, 0.5) is 11.4 Å². The first-order valence-electron chi connectivity index (χ1n) is 6.53. The Bertz CT molecular complexity index is 383. The number of rotatable bonds is 5. The van der Waals surface area contributed by atoms with Crippen molar-refractivity contribution in [2.75, 3.05) is 23.8 Å². The van der Waals surface area contributed by atoms with Crippen LogP contribution in [0, 0.1) is 0 Å². The Labute approximate surface area is 108 Å². The standard InChI is InChI=1S/C14H20N2O2/c1-2-14(17)16-12-7-5-11(6-8-12)15-10-13-4-3-9-18-13/h5-8,13,15H,2-4,9-10H2,1H3,(H,16,17). The molecule has 0 saturated carbocycles. The van der Waals surface area contributed by atoms with Gasteiger partial charge in [0.25, 0.3) is 0 Å². The predicted molar refractivity (Wildman–Crippen MR) is 72.8 cm³/mol. The Morgan fingerprint density at radius 2 is 2.06 bits per heavy atom. The lowest BCUT2D eigenvalue weighted by molar-refractivity contribution is -0.115. The maximum atomic E-state index is 11.2. The summed E-state index contributed by atoms with van der Waals surface area (Å²) in [4.78, 5) is 11.2. The van der Waals surface area contributed by atoms with Gasteiger partial charge in [-0.05, 0) is 37.1 Å². The fourth-order valence-electron chi connectivity index (χ4n) is 1.96. The van der Waals surface area contributed by atoms with E-state index in [-0.39, 0.29) is 5.91 Å². The summed E-state index contributed by atoms with van der Waals surface area (Å²) in [6.07, 6.45) is 3.13. The lowest BCUT2D eigenvalue weighted by Crippen LogP contribution is -2.18. The highest BCUT2D eigenvalue weighted by atomic mass is 16.5. The van der Waals surface area contributed by atoms with E-state index in [1.165, 1.54) is 0 Å². The molecule has 0 radical (unpaired) electrons. The van der Waals surface area contributed by atoms with Crippen molar-refractivity contribution in [1.29, 1.82) is 0 Å². The molecule has 1 saturated heterocycles. The van der Waals surface area contributed by atoms with Crippen molar-refractivity contribution in [2.24, 2.45) is 0 Å². The highest BCUT2D eigenvalue weighted by Gasteiger charge is 2.14. The van der Waals surface area contributed by atoms with Gasteiger partial charge in [-0.15, -0.1) is 0 Å². The molecule has 98 valence electrons. The minimum atomic E-state index is 0.0371. The van der Waals surface area contributed by atoms with Crippen LogP contribution in [-0.2, 0) is 9.53 Å². The number of carbonyl (C=O) groups excluding carboxylic acids is 1. The minimum absolute atomic E-state index is 0.0371. The van der Waals surface area contributed by atoms with Crippen molar-refractivity contribution < 1.29 is 9.53 Å². The third kappa shape index (κ3) is 3.74. The number of carbonyl (C=O) groups is 1. The summed E-state index contributed by atoms with van der Waals surface area (Å²) in [5.74, 6) is 0.0371. The number of hydrogen-bond donors (Lipinski definition) is 2. The highest BCUT2D eigenvalue weighted by Crippen LogP contribution is 2.16. The number of nitrogens with one attached hydrogen (secondary N) is 2. The fourth-order valence-corrected chi connectivity index (χ4v) is 1.96. The van der Waals surface area contributed by atoms with Gasteiger partial charge in [0.1, 0.15) is 0 Å². The molecule has 1 aliphatic heterocycles. The first-order valence-corrected chi connectivity index (χ1v) is 6.53. The Balaban J connectivity index is 1.81. The van der Waals surface area contributed by atoms with Crippen LogP contribution in [0.1, 0.15) is 26.2 Å². The van der Waals surface area contributed by atoms with Crippen LogP contribution >= 0.6 is 0 Å². The topological polar surface area (TPSA) is 50.4 Å². The van der Waals surface area contributed by atoms with Crippen LogP contribution in [-0.4, -0.2) is 25.2 Å². The predicted octanol–water partition coefficient (Wildman–Crippen LogP) is 2.63. The quantitative estimate of drug-likeness (QED) is 0.842. The minimum Gasteiger partial charge on any atom is -0.382 e. The van der Waals surface area contributed by atoms with Gasteiger partial charge in [-0.3, -0.25) is 4.79 Å². The average Bonchev–Trinajstić information content (AvgIpc) is 2.91. The summed E-state index contributed by atoms with van der Waals surface area (Å²) < 4.78 is 5.55. The van der Waals surface area contributed by atoms with E-state index < -0.39 is 0 Å². The van der Waals surface area contributed by atoms with E-state index in [9.17, 15) is 4.79 Å². The van der Waals surface area contributed by atoms with Crippen LogP contribution in [0.25, 0.3) is 0 Å². The average molecular weight is 248 g/mol. The van der Waals surface area contributed by atoms with E-state index >= 15 is 0 Å². The molecule has 1 aliphatic rings. The highest BCUT2D eigenvalue weighted by molar-refractivity contribution is 5.90. The molecular weight excluding hydrogens is 228 g/mol. The molecule has 0 bridgehead atoms. The van der Waals surface area contributed by atoms with Gasteiger partial charge in [-0.2, -0.15) is 0 Å². The summed E-state index contributed by atoms with van der Waals surface area (Å²) in [6, 6.07) is 7.76. The van der Waals surface area contributed by atoms with Gasteiger partial charge in [0, 0.05) is 30.9 Å². The van der Waals surface area contributed by atoms with Crippen molar-refractivity contribution in [2.45, 2.75) is 32.3 Å². The Kier molecular flexibility index (Phi) is 4.59. The summed E-state index contributed by atoms with van der Waals surface area (Å²) in [5, 5.41) is 6.17. The second-order valence-corrected chi connectivity index (χ2v) is 4.50. The lowest BCUT2D eigenvalue weighted by atomic mass is 10.2. The SMILES string of the molecule is CCC(=O)Nc1ccc(NCC2CCCO2)cc1. The second-order valence-electron chi connectivity index (χ2n) is 4.50. The van der Waals surface area contributed by atoms with Gasteiger partial charge in [-0.25, -0.2) is 0 Å². The third-order valence-electron chi connectivity index (χ3n) is 3.05. The maximum Gasteiger partial charge on any atom is 0.224 e. The largest absolute Gasteiger partial charge is 0.382 e. The molecule has 1 aromatic carbocycles. The van der Waals surface area contributed by atoms with Gasteiger partial charge in [0.15, 0.2) is 0 Å². The van der Waals surface area contributed by atoms with Crippen molar-refractivity contribution in [1.82, 2.24) is 0 Å². The van der Waals surface area contributed by atoms with Crippen molar-refractivity contribution in [3.05, 3.63) is 24.3 Å². The Hall–Kier alpha value is -1.55. The number of anilines is 2. The van der Waals surface area contributed by atoms with Gasteiger partial charge >= 0.3 is 0 Å². The van der Waals surface area contributed by atoms with Crippen LogP contribution < -0.4 is 10.6 Å². The van der Waals surface area contributed by atoms with E-state index in [0.717, 1.165) is 37.4 Å². The lowest BCUT2D eigenvalue weighted by Gasteiger charge is -2.12. The molecule has 0 spiro atoms. The van der Waals surface area contributed by atoms with Crippen LogP contribution in [0.2, 0.25) is 0 Å². The van der Waals surface area contributed by atoms with E-state index in [1.807, 2.05) is 31.2 Å². The Morgan fingerprint density at radius 1 is 1.33 bits per heavy atom. The van der Waals surface area contributed by atoms with Crippen molar-refractivity contribution in [3.8, 4) is 0 Å². The zero-order valence-corrected chi connectivity index (χ0v) is 10.7.